The maximum Gasteiger partial charge on any atom is 0.336 e. The van der Waals surface area contributed by atoms with Crippen molar-refractivity contribution in [3.8, 4) is 11.5 Å². The van der Waals surface area contributed by atoms with E-state index in [1.54, 1.807) is 36.4 Å². The molecule has 3 amide bonds. The number of ether oxygens (including phenoxy) is 1. The molecule has 0 spiro atoms. The van der Waals surface area contributed by atoms with Gasteiger partial charge in [0.1, 0.15) is 5.75 Å². The maximum absolute atomic E-state index is 12.5. The normalized spacial score (nSPS) is 10.3. The summed E-state index contributed by atoms with van der Waals surface area (Å²) in [5, 5.41) is 5.81. The molecule has 154 valence electrons. The van der Waals surface area contributed by atoms with Gasteiger partial charge in [-0.3, -0.25) is 4.79 Å². The first kappa shape index (κ1) is 21.8. The first-order valence-electron chi connectivity index (χ1n) is 8.73. The molecule has 3 aromatic carbocycles. The highest BCUT2D eigenvalue weighted by Crippen LogP contribution is 2.39. The number of nitrogens with zero attached hydrogens (tertiary/aromatic N) is 1. The number of benzene rings is 3. The number of carbonyl (C=O) groups excluding carboxylic acids is 2. The summed E-state index contributed by atoms with van der Waals surface area (Å²) in [4.78, 5) is 23.6. The van der Waals surface area contributed by atoms with Gasteiger partial charge in [0.05, 0.1) is 15.7 Å². The molecule has 0 heterocycles. The van der Waals surface area contributed by atoms with Crippen molar-refractivity contribution >= 4 is 65.0 Å². The quantitative estimate of drug-likeness (QED) is 0.373. The van der Waals surface area contributed by atoms with E-state index in [4.69, 9.17) is 27.9 Å². The average molecular weight is 462 g/mol. The summed E-state index contributed by atoms with van der Waals surface area (Å²) in [7, 11) is 0. The molecule has 0 aromatic heterocycles. The van der Waals surface area contributed by atoms with Gasteiger partial charge in [-0.1, -0.05) is 54.2 Å². The lowest BCUT2D eigenvalue weighted by molar-refractivity contribution is -0.114. The fourth-order valence-corrected chi connectivity index (χ4v) is 3.27. The molecule has 0 aliphatic heterocycles. The van der Waals surface area contributed by atoms with Crippen LogP contribution in [-0.2, 0) is 4.79 Å². The summed E-state index contributed by atoms with van der Waals surface area (Å²) < 4.78 is 6.84. The van der Waals surface area contributed by atoms with Crippen LogP contribution in [0.25, 0.3) is 0 Å². The van der Waals surface area contributed by atoms with Crippen LogP contribution in [0.2, 0.25) is 10.0 Å². The molecule has 0 radical (unpaired) electrons. The van der Waals surface area contributed by atoms with Crippen LogP contribution in [-0.4, -0.2) is 11.9 Å². The minimum Gasteiger partial charge on any atom is -0.454 e. The van der Waals surface area contributed by atoms with Gasteiger partial charge in [-0.05, 0) is 48.5 Å². The van der Waals surface area contributed by atoms with Gasteiger partial charge in [0.25, 0.3) is 0 Å². The summed E-state index contributed by atoms with van der Waals surface area (Å²) in [6.07, 6.45) is 0. The number of hydrogen-bond acceptors (Lipinski definition) is 4. The predicted molar refractivity (Wildman–Crippen MR) is 124 cm³/mol. The van der Waals surface area contributed by atoms with E-state index in [0.29, 0.717) is 28.6 Å². The van der Waals surface area contributed by atoms with Gasteiger partial charge in [0, 0.05) is 18.3 Å². The maximum atomic E-state index is 12.5. The Kier molecular flexibility index (Phi) is 7.10. The first-order valence-corrected chi connectivity index (χ1v) is 9.88. The second-order valence-electron chi connectivity index (χ2n) is 6.15. The zero-order valence-corrected chi connectivity index (χ0v) is 18.1. The fourth-order valence-electron chi connectivity index (χ4n) is 2.52. The van der Waals surface area contributed by atoms with Gasteiger partial charge < -0.3 is 15.4 Å². The molecule has 2 N–H and O–H groups in total. The number of thiol groups is 1. The number of anilines is 3. The largest absolute Gasteiger partial charge is 0.454 e. The van der Waals surface area contributed by atoms with Gasteiger partial charge in [-0.2, -0.15) is 0 Å². The summed E-state index contributed by atoms with van der Waals surface area (Å²) in [5.74, 6) is 0.692. The molecule has 0 saturated heterocycles. The number of nitrogens with one attached hydrogen (secondary N) is 2. The Morgan fingerprint density at radius 3 is 2.07 bits per heavy atom. The monoisotopic (exact) mass is 461 g/mol. The van der Waals surface area contributed by atoms with E-state index in [2.05, 4.69) is 23.4 Å². The van der Waals surface area contributed by atoms with Crippen molar-refractivity contribution in [1.29, 1.82) is 0 Å². The van der Waals surface area contributed by atoms with Crippen LogP contribution in [0.4, 0.5) is 21.9 Å². The molecule has 0 bridgehead atoms. The molecule has 30 heavy (non-hydrogen) atoms. The fraction of sp³-hybridized carbons (Fsp3) is 0.0476. The van der Waals surface area contributed by atoms with E-state index in [-0.39, 0.29) is 16.0 Å². The van der Waals surface area contributed by atoms with E-state index < -0.39 is 6.03 Å². The van der Waals surface area contributed by atoms with Gasteiger partial charge in [0.15, 0.2) is 5.75 Å². The van der Waals surface area contributed by atoms with Crippen molar-refractivity contribution in [2.24, 2.45) is 0 Å². The van der Waals surface area contributed by atoms with Crippen LogP contribution in [0.5, 0.6) is 11.5 Å². The Hall–Kier alpha value is -2.87. The van der Waals surface area contributed by atoms with Crippen molar-refractivity contribution in [2.45, 2.75) is 6.92 Å². The summed E-state index contributed by atoms with van der Waals surface area (Å²) in [6.45, 7) is 1.42. The van der Waals surface area contributed by atoms with Crippen LogP contribution in [0.1, 0.15) is 6.92 Å². The number of amides is 3. The summed E-state index contributed by atoms with van der Waals surface area (Å²) in [5.41, 5.74) is 1.50. The zero-order chi connectivity index (χ0) is 21.7. The molecular weight excluding hydrogens is 445 g/mol. The lowest BCUT2D eigenvalue weighted by Crippen LogP contribution is -2.26. The average Bonchev–Trinajstić information content (AvgIpc) is 2.71. The molecule has 3 aromatic rings. The molecule has 0 saturated carbocycles. The highest BCUT2D eigenvalue weighted by atomic mass is 35.5. The van der Waals surface area contributed by atoms with E-state index in [1.807, 2.05) is 18.2 Å². The van der Waals surface area contributed by atoms with E-state index in [1.165, 1.54) is 19.1 Å². The predicted octanol–water partition coefficient (Wildman–Crippen LogP) is 6.63. The van der Waals surface area contributed by atoms with Crippen molar-refractivity contribution in [2.75, 3.05) is 14.9 Å². The second kappa shape index (κ2) is 9.75. The van der Waals surface area contributed by atoms with Gasteiger partial charge in [0.2, 0.25) is 5.91 Å². The lowest BCUT2D eigenvalue weighted by atomic mass is 10.2. The lowest BCUT2D eigenvalue weighted by Gasteiger charge is -2.18. The SMILES string of the molecule is CC(=O)Nc1ccc(N(S)C(=O)Nc2cc(Cl)c(Oc3ccccc3)c(Cl)c2)cc1. The van der Waals surface area contributed by atoms with Crippen molar-refractivity contribution in [1.82, 2.24) is 0 Å². The van der Waals surface area contributed by atoms with Gasteiger partial charge in [-0.15, -0.1) is 0 Å². The topological polar surface area (TPSA) is 70.7 Å². The summed E-state index contributed by atoms with van der Waals surface area (Å²) >= 11 is 16.8. The molecule has 6 nitrogen and oxygen atoms in total. The third-order valence-corrected chi connectivity index (χ3v) is 4.81. The van der Waals surface area contributed by atoms with E-state index >= 15 is 0 Å². The second-order valence-corrected chi connectivity index (χ2v) is 7.37. The minimum absolute atomic E-state index is 0.184. The molecule has 0 aliphatic rings. The van der Waals surface area contributed by atoms with Crippen LogP contribution in [0, 0.1) is 0 Å². The number of urea groups is 1. The third-order valence-electron chi connectivity index (χ3n) is 3.84. The molecule has 0 aliphatic carbocycles. The molecule has 3 rings (SSSR count). The first-order chi connectivity index (χ1) is 14.3. The Labute approximate surface area is 189 Å². The van der Waals surface area contributed by atoms with Crippen molar-refractivity contribution in [3.63, 3.8) is 0 Å². The standard InChI is InChI=1S/C21H17Cl2N3O3S/c1-13(27)24-14-7-9-16(10-8-14)26(30)21(28)25-15-11-18(22)20(19(23)12-15)29-17-5-3-2-4-6-17/h2-12,30H,1H3,(H,24,27)(H,25,28). The van der Waals surface area contributed by atoms with Crippen LogP contribution in [0.15, 0.2) is 66.7 Å². The molecular formula is C21H17Cl2N3O3S. The van der Waals surface area contributed by atoms with Gasteiger partial charge in [-0.25, -0.2) is 9.10 Å². The molecule has 0 unspecified atom stereocenters. The Morgan fingerprint density at radius 1 is 0.900 bits per heavy atom. The Morgan fingerprint density at radius 2 is 1.50 bits per heavy atom. The smallest absolute Gasteiger partial charge is 0.336 e. The zero-order valence-electron chi connectivity index (χ0n) is 15.7. The van der Waals surface area contributed by atoms with Crippen molar-refractivity contribution < 1.29 is 14.3 Å². The summed E-state index contributed by atoms with van der Waals surface area (Å²) in [6, 6.07) is 18.2. The number of para-hydroxylation sites is 1. The highest BCUT2D eigenvalue weighted by molar-refractivity contribution is 7.82. The van der Waals surface area contributed by atoms with Crippen LogP contribution < -0.4 is 19.7 Å². The molecule has 9 heteroatoms. The highest BCUT2D eigenvalue weighted by Gasteiger charge is 2.16. The van der Waals surface area contributed by atoms with E-state index in [9.17, 15) is 9.59 Å². The van der Waals surface area contributed by atoms with Crippen LogP contribution in [0.3, 0.4) is 0 Å². The van der Waals surface area contributed by atoms with Gasteiger partial charge >= 0.3 is 6.03 Å². The van der Waals surface area contributed by atoms with E-state index in [0.717, 1.165) is 4.31 Å². The number of hydrogen-bond donors (Lipinski definition) is 3. The van der Waals surface area contributed by atoms with Crippen LogP contribution >= 0.6 is 36.0 Å². The Balaban J connectivity index is 1.70. The minimum atomic E-state index is -0.519. The molecule has 0 fully saturated rings. The Bertz CT molecular complexity index is 1040. The number of halogens is 2. The molecule has 0 atom stereocenters. The number of carbonyl (C=O) groups is 2. The third kappa shape index (κ3) is 5.60. The van der Waals surface area contributed by atoms with Crippen molar-refractivity contribution in [3.05, 3.63) is 76.8 Å². The number of rotatable bonds is 5.